The topological polar surface area (TPSA) is 139 Å². The first-order valence-electron chi connectivity index (χ1n) is 8.00. The Hall–Kier alpha value is -3.82. The van der Waals surface area contributed by atoms with Gasteiger partial charge in [-0.15, -0.1) is 0 Å². The van der Waals surface area contributed by atoms with Gasteiger partial charge in [0.2, 0.25) is 5.82 Å². The number of nitrogens with two attached hydrogens (primary N) is 1. The van der Waals surface area contributed by atoms with Gasteiger partial charge in [0.05, 0.1) is 29.4 Å². The maximum Gasteiger partial charge on any atom is 0.339 e. The van der Waals surface area contributed by atoms with E-state index in [-0.39, 0.29) is 11.5 Å². The Bertz CT molecular complexity index is 952. The predicted octanol–water partition coefficient (Wildman–Crippen LogP) is 2.63. The van der Waals surface area contributed by atoms with Crippen molar-refractivity contribution >= 4 is 17.5 Å². The molecule has 0 atom stereocenters. The monoisotopic (exact) mass is 370 g/mol. The molecule has 0 aliphatic heterocycles. The van der Waals surface area contributed by atoms with Crippen molar-refractivity contribution in [3.63, 3.8) is 0 Å². The molecule has 10 heteroatoms. The van der Waals surface area contributed by atoms with Gasteiger partial charge in [-0.05, 0) is 18.2 Å². The summed E-state index contributed by atoms with van der Waals surface area (Å²) in [6, 6.07) is 4.62. The summed E-state index contributed by atoms with van der Waals surface area (Å²) >= 11 is 0. The molecule has 10 nitrogen and oxygen atoms in total. The number of nitrogen functional groups attached to an aromatic ring is 1. The third kappa shape index (κ3) is 4.06. The van der Waals surface area contributed by atoms with E-state index in [1.165, 1.54) is 36.4 Å². The van der Waals surface area contributed by atoms with Crippen molar-refractivity contribution in [1.29, 1.82) is 0 Å². The van der Waals surface area contributed by atoms with Crippen molar-refractivity contribution in [3.05, 3.63) is 58.7 Å². The molecule has 140 valence electrons. The van der Waals surface area contributed by atoms with Crippen LogP contribution in [0.4, 0.5) is 11.5 Å². The molecular formula is C17H18N6O4. The van der Waals surface area contributed by atoms with Gasteiger partial charge < -0.3 is 10.5 Å². The van der Waals surface area contributed by atoms with Crippen molar-refractivity contribution in [1.82, 2.24) is 19.7 Å². The number of nitrogens with zero attached hydrogens (tertiary/aromatic N) is 5. The number of hydrogen-bond donors (Lipinski definition) is 1. The summed E-state index contributed by atoms with van der Waals surface area (Å²) in [5.41, 5.74) is 6.41. The largest absolute Gasteiger partial charge is 0.465 e. The van der Waals surface area contributed by atoms with Gasteiger partial charge in [-0.1, -0.05) is 13.8 Å². The number of nitro groups is 1. The van der Waals surface area contributed by atoms with Crippen LogP contribution in [0.3, 0.4) is 0 Å². The second-order valence-corrected chi connectivity index (χ2v) is 4.92. The quantitative estimate of drug-likeness (QED) is 0.420. The summed E-state index contributed by atoms with van der Waals surface area (Å²) in [5.74, 6) is -0.234. The predicted molar refractivity (Wildman–Crippen MR) is 98.3 cm³/mol. The van der Waals surface area contributed by atoms with Crippen molar-refractivity contribution < 1.29 is 14.5 Å². The van der Waals surface area contributed by atoms with E-state index in [1.807, 2.05) is 13.8 Å². The van der Waals surface area contributed by atoms with E-state index in [0.29, 0.717) is 22.5 Å². The number of esters is 1. The van der Waals surface area contributed by atoms with E-state index in [0.717, 1.165) is 0 Å². The summed E-state index contributed by atoms with van der Waals surface area (Å²) in [4.78, 5) is 29.9. The summed E-state index contributed by atoms with van der Waals surface area (Å²) in [7, 11) is 1.28. The fraction of sp³-hybridized carbons (Fsp3) is 0.176. The van der Waals surface area contributed by atoms with Crippen LogP contribution in [0, 0.1) is 10.1 Å². The molecule has 3 aromatic rings. The molecule has 0 fully saturated rings. The molecule has 0 unspecified atom stereocenters. The average Bonchev–Trinajstić information content (AvgIpc) is 3.18. The number of methoxy groups -OCH3 is 1. The number of hydrogen-bond acceptors (Lipinski definition) is 8. The van der Waals surface area contributed by atoms with E-state index in [9.17, 15) is 14.9 Å². The number of carbonyl (C=O) groups is 1. The SMILES string of the molecule is CC.COC(=O)c1ccc(-n2cc(-c3ccnc(N)c3[N+](=O)[O-])cn2)nc1. The smallest absolute Gasteiger partial charge is 0.339 e. The number of anilines is 1. The lowest BCUT2D eigenvalue weighted by Gasteiger charge is -2.03. The lowest BCUT2D eigenvalue weighted by molar-refractivity contribution is -0.383. The zero-order valence-corrected chi connectivity index (χ0v) is 15.0. The van der Waals surface area contributed by atoms with Gasteiger partial charge in [0, 0.05) is 24.2 Å². The van der Waals surface area contributed by atoms with Crippen LogP contribution >= 0.6 is 0 Å². The Morgan fingerprint density at radius 3 is 2.56 bits per heavy atom. The molecule has 0 spiro atoms. The number of carbonyl (C=O) groups excluding carboxylic acids is 1. The van der Waals surface area contributed by atoms with Gasteiger partial charge in [0.15, 0.2) is 5.82 Å². The maximum absolute atomic E-state index is 11.4. The minimum absolute atomic E-state index is 0.171. The number of rotatable bonds is 4. The third-order valence-corrected chi connectivity index (χ3v) is 3.43. The van der Waals surface area contributed by atoms with Crippen molar-refractivity contribution in [2.45, 2.75) is 13.8 Å². The molecule has 0 aromatic carbocycles. The van der Waals surface area contributed by atoms with Crippen LogP contribution in [0.2, 0.25) is 0 Å². The molecule has 0 aliphatic carbocycles. The first-order valence-corrected chi connectivity index (χ1v) is 8.00. The number of pyridine rings is 2. The Morgan fingerprint density at radius 2 is 1.96 bits per heavy atom. The van der Waals surface area contributed by atoms with Crippen molar-refractivity contribution in [2.24, 2.45) is 0 Å². The number of aromatic nitrogens is 4. The minimum Gasteiger partial charge on any atom is -0.465 e. The lowest BCUT2D eigenvalue weighted by Crippen LogP contribution is -2.04. The van der Waals surface area contributed by atoms with Crippen LogP contribution in [0.1, 0.15) is 24.2 Å². The molecule has 0 amide bonds. The normalized spacial score (nSPS) is 9.89. The van der Waals surface area contributed by atoms with Gasteiger partial charge in [-0.2, -0.15) is 5.10 Å². The molecule has 0 saturated carbocycles. The van der Waals surface area contributed by atoms with Gasteiger partial charge in [0.1, 0.15) is 0 Å². The Morgan fingerprint density at radius 1 is 1.22 bits per heavy atom. The van der Waals surface area contributed by atoms with Crippen LogP contribution in [0.15, 0.2) is 43.0 Å². The fourth-order valence-electron chi connectivity index (χ4n) is 2.24. The van der Waals surface area contributed by atoms with Gasteiger partial charge in [-0.3, -0.25) is 10.1 Å². The first-order chi connectivity index (χ1) is 13.0. The Kier molecular flexibility index (Phi) is 6.15. The average molecular weight is 370 g/mol. The zero-order valence-electron chi connectivity index (χ0n) is 15.0. The molecule has 0 saturated heterocycles. The van der Waals surface area contributed by atoms with Crippen LogP contribution in [-0.2, 0) is 4.74 Å². The van der Waals surface area contributed by atoms with Crippen molar-refractivity contribution in [3.8, 4) is 16.9 Å². The zero-order chi connectivity index (χ0) is 20.0. The first kappa shape index (κ1) is 19.5. The second-order valence-electron chi connectivity index (χ2n) is 4.92. The molecule has 2 N–H and O–H groups in total. The second kappa shape index (κ2) is 8.52. The summed E-state index contributed by atoms with van der Waals surface area (Å²) in [6.07, 6.45) is 5.77. The van der Waals surface area contributed by atoms with Gasteiger partial charge >= 0.3 is 11.7 Å². The van der Waals surface area contributed by atoms with E-state index in [2.05, 4.69) is 19.8 Å². The van der Waals surface area contributed by atoms with Crippen LogP contribution < -0.4 is 5.73 Å². The van der Waals surface area contributed by atoms with E-state index in [4.69, 9.17) is 5.73 Å². The molecular weight excluding hydrogens is 352 g/mol. The Balaban J connectivity index is 0.00000126. The standard InChI is InChI=1S/C15H12N6O4.C2H6/c1-25-15(22)9-2-3-12(18-6-9)20-8-10(7-19-20)11-4-5-17-14(16)13(11)21(23)24;1-2/h2-8H,1H3,(H2,16,17);1-2H3. The summed E-state index contributed by atoms with van der Waals surface area (Å²) in [5, 5.41) is 15.4. The molecule has 3 heterocycles. The summed E-state index contributed by atoms with van der Waals surface area (Å²) < 4.78 is 6.03. The number of ether oxygens (including phenoxy) is 1. The molecule has 3 rings (SSSR count). The fourth-order valence-corrected chi connectivity index (χ4v) is 2.24. The molecule has 27 heavy (non-hydrogen) atoms. The third-order valence-electron chi connectivity index (χ3n) is 3.43. The molecule has 3 aromatic heterocycles. The van der Waals surface area contributed by atoms with E-state index >= 15 is 0 Å². The molecule has 0 radical (unpaired) electrons. The maximum atomic E-state index is 11.4. The highest BCUT2D eigenvalue weighted by Crippen LogP contribution is 2.32. The summed E-state index contributed by atoms with van der Waals surface area (Å²) in [6.45, 7) is 4.00. The highest BCUT2D eigenvalue weighted by atomic mass is 16.6. The van der Waals surface area contributed by atoms with Gasteiger partial charge in [-0.25, -0.2) is 19.4 Å². The van der Waals surface area contributed by atoms with Crippen LogP contribution in [-0.4, -0.2) is 37.8 Å². The molecule has 0 aliphatic rings. The van der Waals surface area contributed by atoms with Crippen LogP contribution in [0.5, 0.6) is 0 Å². The lowest BCUT2D eigenvalue weighted by atomic mass is 10.1. The van der Waals surface area contributed by atoms with Crippen LogP contribution in [0.25, 0.3) is 16.9 Å². The Labute approximate surface area is 154 Å². The van der Waals surface area contributed by atoms with Crippen molar-refractivity contribution in [2.75, 3.05) is 12.8 Å². The highest BCUT2D eigenvalue weighted by molar-refractivity contribution is 5.89. The minimum atomic E-state index is -0.585. The highest BCUT2D eigenvalue weighted by Gasteiger charge is 2.21. The molecule has 0 bridgehead atoms. The van der Waals surface area contributed by atoms with E-state index in [1.54, 1.807) is 18.3 Å². The van der Waals surface area contributed by atoms with Gasteiger partial charge in [0.25, 0.3) is 0 Å². The van der Waals surface area contributed by atoms with E-state index < -0.39 is 10.9 Å².